The maximum atomic E-state index is 5.94. The van der Waals surface area contributed by atoms with Crippen molar-refractivity contribution in [1.29, 1.82) is 0 Å². The average molecular weight is 184 g/mol. The smallest absolute Gasteiger partial charge is 0.0621 e. The topological polar surface area (TPSA) is 12.9 Å². The van der Waals surface area contributed by atoms with Crippen molar-refractivity contribution < 1.29 is 0 Å². The van der Waals surface area contributed by atoms with Gasteiger partial charge < -0.3 is 0 Å². The molecule has 0 saturated heterocycles. The van der Waals surface area contributed by atoms with Gasteiger partial charge in [0.1, 0.15) is 0 Å². The zero-order valence-electron chi connectivity index (χ0n) is 7.76. The standard InChI is InChI=1S/C10H14ClN/c1-4-8-5-10(7(2)3)12-6-9(8)11/h5-7H,4H2,1-3H3. The predicted octanol–water partition coefficient (Wildman–Crippen LogP) is 3.42. The summed E-state index contributed by atoms with van der Waals surface area (Å²) in [7, 11) is 0. The third kappa shape index (κ3) is 1.98. The first-order valence-corrected chi connectivity index (χ1v) is 4.67. The van der Waals surface area contributed by atoms with Gasteiger partial charge in [0.2, 0.25) is 0 Å². The quantitative estimate of drug-likeness (QED) is 0.685. The number of hydrogen-bond donors (Lipinski definition) is 0. The van der Waals surface area contributed by atoms with Crippen molar-refractivity contribution in [3.05, 3.63) is 28.5 Å². The van der Waals surface area contributed by atoms with Crippen LogP contribution in [0.3, 0.4) is 0 Å². The molecule has 1 heterocycles. The minimum Gasteiger partial charge on any atom is -0.259 e. The Kier molecular flexibility index (Phi) is 3.10. The van der Waals surface area contributed by atoms with E-state index in [0.717, 1.165) is 17.1 Å². The van der Waals surface area contributed by atoms with Gasteiger partial charge in [-0.15, -0.1) is 0 Å². The van der Waals surface area contributed by atoms with Crippen LogP contribution in [0.15, 0.2) is 12.3 Å². The fourth-order valence-corrected chi connectivity index (χ4v) is 1.32. The molecule has 0 aromatic carbocycles. The second kappa shape index (κ2) is 3.90. The van der Waals surface area contributed by atoms with Crippen LogP contribution in [0.25, 0.3) is 0 Å². The van der Waals surface area contributed by atoms with Crippen LogP contribution in [0.5, 0.6) is 0 Å². The number of rotatable bonds is 2. The minimum atomic E-state index is 0.479. The molecular formula is C10H14ClN. The maximum absolute atomic E-state index is 5.94. The second-order valence-corrected chi connectivity index (χ2v) is 3.62. The molecule has 0 radical (unpaired) electrons. The number of nitrogens with zero attached hydrogens (tertiary/aromatic N) is 1. The molecule has 0 spiro atoms. The van der Waals surface area contributed by atoms with Crippen molar-refractivity contribution in [1.82, 2.24) is 4.98 Å². The van der Waals surface area contributed by atoms with Gasteiger partial charge in [-0.2, -0.15) is 0 Å². The maximum Gasteiger partial charge on any atom is 0.0621 e. The molecule has 0 N–H and O–H groups in total. The van der Waals surface area contributed by atoms with Crippen LogP contribution in [0.4, 0.5) is 0 Å². The Balaban J connectivity index is 3.05. The molecule has 0 amide bonds. The van der Waals surface area contributed by atoms with Gasteiger partial charge in [-0.1, -0.05) is 32.4 Å². The molecular weight excluding hydrogens is 170 g/mol. The predicted molar refractivity (Wildman–Crippen MR) is 52.7 cm³/mol. The Hall–Kier alpha value is -0.560. The molecule has 0 bridgehead atoms. The zero-order chi connectivity index (χ0) is 9.14. The molecule has 1 aromatic rings. The first kappa shape index (κ1) is 9.53. The monoisotopic (exact) mass is 183 g/mol. The molecule has 0 aliphatic carbocycles. The Morgan fingerprint density at radius 3 is 2.67 bits per heavy atom. The van der Waals surface area contributed by atoms with Gasteiger partial charge in [-0.25, -0.2) is 0 Å². The summed E-state index contributed by atoms with van der Waals surface area (Å²) in [6, 6.07) is 2.09. The van der Waals surface area contributed by atoms with Crippen molar-refractivity contribution in [2.45, 2.75) is 33.1 Å². The van der Waals surface area contributed by atoms with E-state index >= 15 is 0 Å². The molecule has 2 heteroatoms. The Morgan fingerprint density at radius 2 is 2.17 bits per heavy atom. The highest BCUT2D eigenvalue weighted by Crippen LogP contribution is 2.19. The van der Waals surface area contributed by atoms with Crippen LogP contribution >= 0.6 is 11.6 Å². The second-order valence-electron chi connectivity index (χ2n) is 3.21. The van der Waals surface area contributed by atoms with E-state index in [1.165, 1.54) is 5.56 Å². The molecule has 0 aliphatic heterocycles. The Bertz CT molecular complexity index is 269. The lowest BCUT2D eigenvalue weighted by Gasteiger charge is -2.06. The summed E-state index contributed by atoms with van der Waals surface area (Å²) >= 11 is 5.94. The normalized spacial score (nSPS) is 10.8. The summed E-state index contributed by atoms with van der Waals surface area (Å²) < 4.78 is 0. The number of aromatic nitrogens is 1. The summed E-state index contributed by atoms with van der Waals surface area (Å²) in [5, 5.41) is 0.780. The lowest BCUT2D eigenvalue weighted by atomic mass is 10.1. The molecule has 1 aromatic heterocycles. The highest BCUT2D eigenvalue weighted by molar-refractivity contribution is 6.31. The van der Waals surface area contributed by atoms with Crippen LogP contribution in [0.1, 0.15) is 37.9 Å². The van der Waals surface area contributed by atoms with E-state index < -0.39 is 0 Å². The molecule has 0 saturated carbocycles. The number of hydrogen-bond acceptors (Lipinski definition) is 1. The molecule has 0 unspecified atom stereocenters. The first-order valence-electron chi connectivity index (χ1n) is 4.29. The van der Waals surface area contributed by atoms with Crippen molar-refractivity contribution >= 4 is 11.6 Å². The first-order chi connectivity index (χ1) is 5.65. The van der Waals surface area contributed by atoms with E-state index in [2.05, 4.69) is 31.8 Å². The molecule has 1 nitrogen and oxygen atoms in total. The third-order valence-corrected chi connectivity index (χ3v) is 2.27. The van der Waals surface area contributed by atoms with Gasteiger partial charge in [0.25, 0.3) is 0 Å². The fraction of sp³-hybridized carbons (Fsp3) is 0.500. The Labute approximate surface area is 78.8 Å². The van der Waals surface area contributed by atoms with E-state index in [1.807, 2.05) is 0 Å². The number of aryl methyl sites for hydroxylation is 1. The van der Waals surface area contributed by atoms with Crippen molar-refractivity contribution in [2.75, 3.05) is 0 Å². The highest BCUT2D eigenvalue weighted by Gasteiger charge is 2.04. The van der Waals surface area contributed by atoms with E-state index in [9.17, 15) is 0 Å². The van der Waals surface area contributed by atoms with Crippen LogP contribution in [0, 0.1) is 0 Å². The van der Waals surface area contributed by atoms with Gasteiger partial charge in [-0.05, 0) is 24.0 Å². The van der Waals surface area contributed by atoms with E-state index in [4.69, 9.17) is 11.6 Å². The number of pyridine rings is 1. The molecule has 12 heavy (non-hydrogen) atoms. The largest absolute Gasteiger partial charge is 0.259 e. The van der Waals surface area contributed by atoms with Gasteiger partial charge >= 0.3 is 0 Å². The van der Waals surface area contributed by atoms with Crippen LogP contribution in [-0.4, -0.2) is 4.98 Å². The number of halogens is 1. The average Bonchev–Trinajstić information content (AvgIpc) is 2.05. The highest BCUT2D eigenvalue weighted by atomic mass is 35.5. The van der Waals surface area contributed by atoms with Gasteiger partial charge in [0.05, 0.1) is 5.02 Å². The molecule has 0 aliphatic rings. The Morgan fingerprint density at radius 1 is 1.50 bits per heavy atom. The van der Waals surface area contributed by atoms with Gasteiger partial charge in [0.15, 0.2) is 0 Å². The van der Waals surface area contributed by atoms with Crippen LogP contribution in [-0.2, 0) is 6.42 Å². The third-order valence-electron chi connectivity index (χ3n) is 1.93. The zero-order valence-corrected chi connectivity index (χ0v) is 8.52. The van der Waals surface area contributed by atoms with Gasteiger partial charge in [0, 0.05) is 11.9 Å². The summed E-state index contributed by atoms with van der Waals surface area (Å²) in [6.45, 7) is 6.37. The lowest BCUT2D eigenvalue weighted by molar-refractivity contribution is 0.818. The van der Waals surface area contributed by atoms with Crippen LogP contribution < -0.4 is 0 Å². The van der Waals surface area contributed by atoms with E-state index in [0.29, 0.717) is 5.92 Å². The van der Waals surface area contributed by atoms with Crippen molar-refractivity contribution in [3.63, 3.8) is 0 Å². The van der Waals surface area contributed by atoms with Gasteiger partial charge in [-0.3, -0.25) is 4.98 Å². The van der Waals surface area contributed by atoms with Crippen molar-refractivity contribution in [3.8, 4) is 0 Å². The SMILES string of the molecule is CCc1cc(C(C)C)ncc1Cl. The molecule has 1 rings (SSSR count). The lowest BCUT2D eigenvalue weighted by Crippen LogP contribution is -1.94. The van der Waals surface area contributed by atoms with Crippen molar-refractivity contribution in [2.24, 2.45) is 0 Å². The minimum absolute atomic E-state index is 0.479. The van der Waals surface area contributed by atoms with Crippen LogP contribution in [0.2, 0.25) is 5.02 Å². The van der Waals surface area contributed by atoms with E-state index in [1.54, 1.807) is 6.20 Å². The summed E-state index contributed by atoms with van der Waals surface area (Å²) in [5.41, 5.74) is 2.31. The molecule has 66 valence electrons. The summed E-state index contributed by atoms with van der Waals surface area (Å²) in [5.74, 6) is 0.479. The summed E-state index contributed by atoms with van der Waals surface area (Å²) in [4.78, 5) is 4.25. The van der Waals surface area contributed by atoms with E-state index in [-0.39, 0.29) is 0 Å². The molecule has 0 fully saturated rings. The summed E-state index contributed by atoms with van der Waals surface area (Å²) in [6.07, 6.45) is 2.72. The fourth-order valence-electron chi connectivity index (χ4n) is 1.09. The molecule has 0 atom stereocenters.